The SMILES string of the molecule is Nc1ccc(NC(=O)Nc2cc(Cl)ccc2Cl)cc1F. The van der Waals surface area contributed by atoms with Gasteiger partial charge in [-0.25, -0.2) is 9.18 Å². The number of hydrogen-bond donors (Lipinski definition) is 3. The molecule has 0 aliphatic rings. The molecule has 0 spiro atoms. The zero-order valence-corrected chi connectivity index (χ0v) is 11.6. The molecule has 7 heteroatoms. The number of hydrogen-bond acceptors (Lipinski definition) is 2. The van der Waals surface area contributed by atoms with Crippen molar-refractivity contribution in [3.8, 4) is 0 Å². The number of carbonyl (C=O) groups excluding carboxylic acids is 1. The Bertz CT molecular complexity index is 664. The van der Waals surface area contributed by atoms with Crippen molar-refractivity contribution in [1.82, 2.24) is 0 Å². The molecule has 0 bridgehead atoms. The first-order chi connectivity index (χ1) is 9.45. The van der Waals surface area contributed by atoms with Gasteiger partial charge in [0.25, 0.3) is 0 Å². The second kappa shape index (κ2) is 5.98. The largest absolute Gasteiger partial charge is 0.396 e. The Morgan fingerprint density at radius 3 is 2.55 bits per heavy atom. The molecule has 4 N–H and O–H groups in total. The summed E-state index contributed by atoms with van der Waals surface area (Å²) < 4.78 is 13.2. The molecule has 0 unspecified atom stereocenters. The Morgan fingerprint density at radius 2 is 1.85 bits per heavy atom. The number of anilines is 3. The average molecular weight is 314 g/mol. The van der Waals surface area contributed by atoms with Crippen LogP contribution in [0.4, 0.5) is 26.2 Å². The average Bonchev–Trinajstić information content (AvgIpc) is 2.38. The Labute approximate surface area is 124 Å². The van der Waals surface area contributed by atoms with Gasteiger partial charge < -0.3 is 16.4 Å². The first-order valence-electron chi connectivity index (χ1n) is 5.54. The van der Waals surface area contributed by atoms with E-state index in [2.05, 4.69) is 10.6 Å². The molecular formula is C13H10Cl2FN3O. The van der Waals surface area contributed by atoms with Gasteiger partial charge in [0.2, 0.25) is 0 Å². The van der Waals surface area contributed by atoms with Gasteiger partial charge in [0.05, 0.1) is 16.4 Å². The lowest BCUT2D eigenvalue weighted by atomic mass is 10.2. The van der Waals surface area contributed by atoms with Gasteiger partial charge in [-0.05, 0) is 36.4 Å². The summed E-state index contributed by atoms with van der Waals surface area (Å²) in [5.74, 6) is -0.608. The molecule has 0 aromatic heterocycles. The molecule has 0 aliphatic carbocycles. The van der Waals surface area contributed by atoms with Crippen molar-refractivity contribution in [1.29, 1.82) is 0 Å². The molecule has 0 aliphatic heterocycles. The quantitative estimate of drug-likeness (QED) is 0.721. The highest BCUT2D eigenvalue weighted by Gasteiger charge is 2.08. The van der Waals surface area contributed by atoms with Crippen molar-refractivity contribution in [2.75, 3.05) is 16.4 Å². The van der Waals surface area contributed by atoms with E-state index in [1.807, 2.05) is 0 Å². The summed E-state index contributed by atoms with van der Waals surface area (Å²) in [5.41, 5.74) is 5.98. The minimum Gasteiger partial charge on any atom is -0.396 e. The van der Waals surface area contributed by atoms with Gasteiger partial charge in [-0.15, -0.1) is 0 Å². The molecule has 0 atom stereocenters. The number of carbonyl (C=O) groups is 1. The van der Waals surface area contributed by atoms with E-state index in [0.717, 1.165) is 6.07 Å². The summed E-state index contributed by atoms with van der Waals surface area (Å²) in [6, 6.07) is 8.06. The topological polar surface area (TPSA) is 67.1 Å². The highest BCUT2D eigenvalue weighted by Crippen LogP contribution is 2.25. The van der Waals surface area contributed by atoms with Crippen LogP contribution in [0.5, 0.6) is 0 Å². The highest BCUT2D eigenvalue weighted by molar-refractivity contribution is 6.35. The van der Waals surface area contributed by atoms with Gasteiger partial charge in [-0.2, -0.15) is 0 Å². The highest BCUT2D eigenvalue weighted by atomic mass is 35.5. The van der Waals surface area contributed by atoms with E-state index in [1.165, 1.54) is 18.2 Å². The molecule has 0 saturated heterocycles. The van der Waals surface area contributed by atoms with E-state index in [0.29, 0.717) is 15.7 Å². The molecule has 2 aromatic carbocycles. The van der Waals surface area contributed by atoms with Crippen molar-refractivity contribution >= 4 is 46.3 Å². The lowest BCUT2D eigenvalue weighted by Crippen LogP contribution is -2.19. The smallest absolute Gasteiger partial charge is 0.323 e. The third-order valence-corrected chi connectivity index (χ3v) is 3.00. The van der Waals surface area contributed by atoms with Crippen molar-refractivity contribution in [2.24, 2.45) is 0 Å². The van der Waals surface area contributed by atoms with Gasteiger partial charge in [-0.1, -0.05) is 23.2 Å². The van der Waals surface area contributed by atoms with Gasteiger partial charge in [0.15, 0.2) is 0 Å². The fraction of sp³-hybridized carbons (Fsp3) is 0. The first kappa shape index (κ1) is 14.4. The fourth-order valence-electron chi connectivity index (χ4n) is 1.48. The van der Waals surface area contributed by atoms with Crippen LogP contribution in [0.3, 0.4) is 0 Å². The number of nitrogen functional groups attached to an aromatic ring is 1. The van der Waals surface area contributed by atoms with Crippen LogP contribution in [-0.4, -0.2) is 6.03 Å². The monoisotopic (exact) mass is 313 g/mol. The maximum Gasteiger partial charge on any atom is 0.323 e. The third-order valence-electron chi connectivity index (χ3n) is 2.43. The number of halogens is 3. The third kappa shape index (κ3) is 3.53. The van der Waals surface area contributed by atoms with Crippen molar-refractivity contribution < 1.29 is 9.18 Å². The number of amides is 2. The molecule has 2 rings (SSSR count). The number of benzene rings is 2. The molecule has 2 aromatic rings. The summed E-state index contributed by atoms with van der Waals surface area (Å²) in [4.78, 5) is 11.8. The lowest BCUT2D eigenvalue weighted by molar-refractivity contribution is 0.262. The van der Waals surface area contributed by atoms with Crippen LogP contribution in [0, 0.1) is 5.82 Å². The minimum absolute atomic E-state index is 0.00819. The summed E-state index contributed by atoms with van der Waals surface area (Å²) in [6.45, 7) is 0. The zero-order chi connectivity index (χ0) is 14.7. The minimum atomic E-state index is -0.608. The lowest BCUT2D eigenvalue weighted by Gasteiger charge is -2.10. The van der Waals surface area contributed by atoms with Gasteiger partial charge in [0, 0.05) is 10.7 Å². The van der Waals surface area contributed by atoms with E-state index in [4.69, 9.17) is 28.9 Å². The number of urea groups is 1. The van der Waals surface area contributed by atoms with Crippen molar-refractivity contribution in [3.63, 3.8) is 0 Å². The Balaban J connectivity index is 2.09. The van der Waals surface area contributed by atoms with E-state index < -0.39 is 11.8 Å². The second-order valence-electron chi connectivity index (χ2n) is 3.94. The Hall–Kier alpha value is -1.98. The normalized spacial score (nSPS) is 10.2. The maximum absolute atomic E-state index is 13.2. The molecular weight excluding hydrogens is 304 g/mol. The first-order valence-corrected chi connectivity index (χ1v) is 6.29. The van der Waals surface area contributed by atoms with Crippen LogP contribution in [0.2, 0.25) is 10.0 Å². The molecule has 0 fully saturated rings. The Kier molecular flexibility index (Phi) is 4.32. The van der Waals surface area contributed by atoms with Crippen LogP contribution in [-0.2, 0) is 0 Å². The molecule has 0 saturated carbocycles. The molecule has 4 nitrogen and oxygen atoms in total. The van der Waals surface area contributed by atoms with E-state index in [-0.39, 0.29) is 11.4 Å². The predicted molar refractivity (Wildman–Crippen MR) is 79.9 cm³/mol. The van der Waals surface area contributed by atoms with Gasteiger partial charge in [-0.3, -0.25) is 0 Å². The van der Waals surface area contributed by atoms with Crippen LogP contribution in [0.1, 0.15) is 0 Å². The number of nitrogens with one attached hydrogen (secondary N) is 2. The molecule has 104 valence electrons. The second-order valence-corrected chi connectivity index (χ2v) is 4.78. The summed E-state index contributed by atoms with van der Waals surface area (Å²) in [5, 5.41) is 5.75. The number of nitrogens with two attached hydrogens (primary N) is 1. The summed E-state index contributed by atoms with van der Waals surface area (Å²) >= 11 is 11.7. The van der Waals surface area contributed by atoms with E-state index in [1.54, 1.807) is 12.1 Å². The maximum atomic E-state index is 13.2. The number of rotatable bonds is 2. The molecule has 2 amide bonds. The van der Waals surface area contributed by atoms with Crippen molar-refractivity contribution in [3.05, 3.63) is 52.3 Å². The van der Waals surface area contributed by atoms with Gasteiger partial charge in [0.1, 0.15) is 5.82 Å². The van der Waals surface area contributed by atoms with Gasteiger partial charge >= 0.3 is 6.03 Å². The van der Waals surface area contributed by atoms with Crippen LogP contribution in [0.15, 0.2) is 36.4 Å². The van der Waals surface area contributed by atoms with Crippen molar-refractivity contribution in [2.45, 2.75) is 0 Å². The standard InChI is InChI=1S/C13H10Cl2FN3O/c14-7-1-3-9(15)12(5-7)19-13(20)18-8-2-4-11(17)10(16)6-8/h1-6H,17H2,(H2,18,19,20). The molecule has 0 heterocycles. The van der Waals surface area contributed by atoms with E-state index >= 15 is 0 Å². The summed E-state index contributed by atoms with van der Waals surface area (Å²) in [6.07, 6.45) is 0. The van der Waals surface area contributed by atoms with Crippen LogP contribution in [0.25, 0.3) is 0 Å². The molecule has 20 heavy (non-hydrogen) atoms. The fourth-order valence-corrected chi connectivity index (χ4v) is 1.82. The van der Waals surface area contributed by atoms with E-state index in [9.17, 15) is 9.18 Å². The molecule has 0 radical (unpaired) electrons. The van der Waals surface area contributed by atoms with Crippen LogP contribution < -0.4 is 16.4 Å². The Morgan fingerprint density at radius 1 is 1.10 bits per heavy atom. The van der Waals surface area contributed by atoms with Crippen LogP contribution >= 0.6 is 23.2 Å². The summed E-state index contributed by atoms with van der Waals surface area (Å²) in [7, 11) is 0. The predicted octanol–water partition coefficient (Wildman–Crippen LogP) is 4.36. The zero-order valence-electron chi connectivity index (χ0n) is 10.1.